The molecule has 112 valence electrons. The first-order valence-electron chi connectivity index (χ1n) is 7.16. The maximum Gasteiger partial charge on any atom is 0.347 e. The lowest BCUT2D eigenvalue weighted by molar-refractivity contribution is -0.150. The molecule has 2 atom stereocenters. The molecule has 1 aromatic carbocycles. The van der Waals surface area contributed by atoms with E-state index in [9.17, 15) is 4.79 Å². The summed E-state index contributed by atoms with van der Waals surface area (Å²) in [5.74, 6) is 0.398. The van der Waals surface area contributed by atoms with Gasteiger partial charge in [-0.1, -0.05) is 19.1 Å². The molecule has 0 aliphatic carbocycles. The molecule has 0 radical (unpaired) electrons. The van der Waals surface area contributed by atoms with Crippen LogP contribution in [0.5, 0.6) is 5.75 Å². The van der Waals surface area contributed by atoms with Gasteiger partial charge in [-0.3, -0.25) is 0 Å². The van der Waals surface area contributed by atoms with E-state index in [-0.39, 0.29) is 12.0 Å². The zero-order valence-corrected chi connectivity index (χ0v) is 13.0. The van der Waals surface area contributed by atoms with E-state index < -0.39 is 6.10 Å². The van der Waals surface area contributed by atoms with Crippen LogP contribution in [0, 0.1) is 6.92 Å². The summed E-state index contributed by atoms with van der Waals surface area (Å²) >= 11 is 0. The van der Waals surface area contributed by atoms with E-state index in [2.05, 4.69) is 19.2 Å². The highest BCUT2D eigenvalue weighted by atomic mass is 16.6. The summed E-state index contributed by atoms with van der Waals surface area (Å²) in [7, 11) is 0. The number of hydrogen-bond donors (Lipinski definition) is 1. The average Bonchev–Trinajstić information content (AvgIpc) is 2.39. The molecule has 0 aliphatic rings. The lowest BCUT2D eigenvalue weighted by Crippen LogP contribution is -2.27. The van der Waals surface area contributed by atoms with Crippen molar-refractivity contribution in [1.29, 1.82) is 0 Å². The van der Waals surface area contributed by atoms with Crippen LogP contribution >= 0.6 is 0 Å². The topological polar surface area (TPSA) is 47.6 Å². The van der Waals surface area contributed by atoms with Gasteiger partial charge in [-0.05, 0) is 45.9 Å². The van der Waals surface area contributed by atoms with Gasteiger partial charge in [-0.25, -0.2) is 4.79 Å². The van der Waals surface area contributed by atoms with Crippen LogP contribution in [0.4, 0.5) is 0 Å². The summed E-state index contributed by atoms with van der Waals surface area (Å²) in [6.45, 7) is 10.9. The standard InChI is InChI=1S/C16H25NO3/c1-6-17-12(4)14-9-8-11(3)10-15(14)20-13(5)16(18)19-7-2/h8-10,12-13,17H,6-7H2,1-5H3. The predicted molar refractivity (Wildman–Crippen MR) is 80.0 cm³/mol. The van der Waals surface area contributed by atoms with Crippen LogP contribution in [0.1, 0.15) is 44.9 Å². The van der Waals surface area contributed by atoms with Crippen LogP contribution in [0.3, 0.4) is 0 Å². The van der Waals surface area contributed by atoms with Gasteiger partial charge in [0.2, 0.25) is 0 Å². The molecule has 4 heteroatoms. The minimum atomic E-state index is -0.607. The van der Waals surface area contributed by atoms with Gasteiger partial charge in [-0.15, -0.1) is 0 Å². The smallest absolute Gasteiger partial charge is 0.347 e. The van der Waals surface area contributed by atoms with Crippen molar-refractivity contribution < 1.29 is 14.3 Å². The third-order valence-corrected chi connectivity index (χ3v) is 3.07. The van der Waals surface area contributed by atoms with Crippen molar-refractivity contribution in [2.45, 2.75) is 46.8 Å². The van der Waals surface area contributed by atoms with Crippen molar-refractivity contribution in [3.63, 3.8) is 0 Å². The fourth-order valence-corrected chi connectivity index (χ4v) is 2.02. The molecule has 0 spiro atoms. The second-order valence-electron chi connectivity index (χ2n) is 4.83. The van der Waals surface area contributed by atoms with Crippen LogP contribution in [0.2, 0.25) is 0 Å². The number of rotatable bonds is 7. The summed E-state index contributed by atoms with van der Waals surface area (Å²) in [5, 5.41) is 3.35. The summed E-state index contributed by atoms with van der Waals surface area (Å²) in [6, 6.07) is 6.21. The fraction of sp³-hybridized carbons (Fsp3) is 0.562. The van der Waals surface area contributed by atoms with Crippen molar-refractivity contribution in [3.05, 3.63) is 29.3 Å². The van der Waals surface area contributed by atoms with Crippen molar-refractivity contribution in [2.24, 2.45) is 0 Å². The first-order chi connectivity index (χ1) is 9.49. The van der Waals surface area contributed by atoms with Crippen molar-refractivity contribution >= 4 is 5.97 Å². The van der Waals surface area contributed by atoms with Gasteiger partial charge >= 0.3 is 5.97 Å². The van der Waals surface area contributed by atoms with E-state index in [1.54, 1.807) is 13.8 Å². The Balaban J connectivity index is 2.92. The second-order valence-corrected chi connectivity index (χ2v) is 4.83. The number of benzene rings is 1. The zero-order valence-electron chi connectivity index (χ0n) is 13.0. The first-order valence-corrected chi connectivity index (χ1v) is 7.16. The molecule has 0 aromatic heterocycles. The Morgan fingerprint density at radius 2 is 2.00 bits per heavy atom. The maximum atomic E-state index is 11.7. The first kappa shape index (κ1) is 16.5. The van der Waals surface area contributed by atoms with E-state index in [1.807, 2.05) is 25.1 Å². The van der Waals surface area contributed by atoms with Gasteiger partial charge in [0.05, 0.1) is 6.61 Å². The molecule has 0 amide bonds. The molecule has 0 bridgehead atoms. The van der Waals surface area contributed by atoms with Crippen molar-refractivity contribution in [1.82, 2.24) is 5.32 Å². The third kappa shape index (κ3) is 4.53. The van der Waals surface area contributed by atoms with Gasteiger partial charge in [0.25, 0.3) is 0 Å². The van der Waals surface area contributed by atoms with E-state index in [0.29, 0.717) is 6.61 Å². The largest absolute Gasteiger partial charge is 0.479 e. The van der Waals surface area contributed by atoms with E-state index in [0.717, 1.165) is 23.4 Å². The monoisotopic (exact) mass is 279 g/mol. The average molecular weight is 279 g/mol. The van der Waals surface area contributed by atoms with Gasteiger partial charge in [0.1, 0.15) is 5.75 Å². The Morgan fingerprint density at radius 3 is 2.60 bits per heavy atom. The van der Waals surface area contributed by atoms with Crippen LogP contribution in [-0.4, -0.2) is 25.2 Å². The van der Waals surface area contributed by atoms with Crippen LogP contribution in [0.25, 0.3) is 0 Å². The molecular formula is C16H25NO3. The highest BCUT2D eigenvalue weighted by Crippen LogP contribution is 2.27. The lowest BCUT2D eigenvalue weighted by Gasteiger charge is -2.20. The van der Waals surface area contributed by atoms with Crippen LogP contribution in [-0.2, 0) is 9.53 Å². The molecular weight excluding hydrogens is 254 g/mol. The normalized spacial score (nSPS) is 13.7. The number of carbonyl (C=O) groups excluding carboxylic acids is 1. The summed E-state index contributed by atoms with van der Waals surface area (Å²) < 4.78 is 10.8. The molecule has 0 aliphatic heterocycles. The summed E-state index contributed by atoms with van der Waals surface area (Å²) in [5.41, 5.74) is 2.15. The Bertz CT molecular complexity index is 445. The van der Waals surface area contributed by atoms with Gasteiger partial charge in [0.15, 0.2) is 6.10 Å². The Kier molecular flexibility index (Phi) is 6.52. The lowest BCUT2D eigenvalue weighted by atomic mass is 10.0. The highest BCUT2D eigenvalue weighted by Gasteiger charge is 2.19. The molecule has 20 heavy (non-hydrogen) atoms. The third-order valence-electron chi connectivity index (χ3n) is 3.07. The number of hydrogen-bond acceptors (Lipinski definition) is 4. The van der Waals surface area contributed by atoms with E-state index >= 15 is 0 Å². The van der Waals surface area contributed by atoms with Gasteiger partial charge in [-0.2, -0.15) is 0 Å². The van der Waals surface area contributed by atoms with Crippen LogP contribution < -0.4 is 10.1 Å². The summed E-state index contributed by atoms with van der Waals surface area (Å²) in [4.78, 5) is 11.7. The number of ether oxygens (including phenoxy) is 2. The molecule has 0 saturated heterocycles. The highest BCUT2D eigenvalue weighted by molar-refractivity contribution is 5.74. The van der Waals surface area contributed by atoms with Gasteiger partial charge in [0, 0.05) is 11.6 Å². The molecule has 0 fully saturated rings. The van der Waals surface area contributed by atoms with Gasteiger partial charge < -0.3 is 14.8 Å². The quantitative estimate of drug-likeness (QED) is 0.779. The second kappa shape index (κ2) is 7.90. The van der Waals surface area contributed by atoms with E-state index in [4.69, 9.17) is 9.47 Å². The Morgan fingerprint density at radius 1 is 1.30 bits per heavy atom. The Hall–Kier alpha value is -1.55. The number of esters is 1. The molecule has 1 N–H and O–H groups in total. The van der Waals surface area contributed by atoms with Crippen molar-refractivity contribution in [2.75, 3.05) is 13.2 Å². The molecule has 0 saturated carbocycles. The number of carbonyl (C=O) groups is 1. The molecule has 2 unspecified atom stereocenters. The van der Waals surface area contributed by atoms with E-state index in [1.165, 1.54) is 0 Å². The minimum absolute atomic E-state index is 0.171. The summed E-state index contributed by atoms with van der Waals surface area (Å²) in [6.07, 6.45) is -0.607. The molecule has 1 rings (SSSR count). The Labute approximate surface area is 121 Å². The molecule has 4 nitrogen and oxygen atoms in total. The van der Waals surface area contributed by atoms with Crippen LogP contribution in [0.15, 0.2) is 18.2 Å². The minimum Gasteiger partial charge on any atom is -0.479 e. The predicted octanol–water partition coefficient (Wildman–Crippen LogP) is 3.00. The van der Waals surface area contributed by atoms with Crippen molar-refractivity contribution in [3.8, 4) is 5.75 Å². The SMILES string of the molecule is CCNC(C)c1ccc(C)cc1OC(C)C(=O)OCC. The molecule has 0 heterocycles. The number of aryl methyl sites for hydroxylation is 1. The zero-order chi connectivity index (χ0) is 15.1. The molecule has 1 aromatic rings. The fourth-order valence-electron chi connectivity index (χ4n) is 2.02. The maximum absolute atomic E-state index is 11.7. The number of nitrogens with one attached hydrogen (secondary N) is 1.